The Morgan fingerprint density at radius 1 is 1.80 bits per heavy atom. The van der Waals surface area contributed by atoms with Crippen LogP contribution in [-0.2, 0) is 0 Å². The molecular formula is C2H3BFK. The fourth-order valence-electron chi connectivity index (χ4n) is 0. The van der Waals surface area contributed by atoms with Gasteiger partial charge in [0.1, 0.15) is 0 Å². The van der Waals surface area contributed by atoms with E-state index in [-0.39, 0.29) is 51.4 Å². The molecule has 3 heteroatoms. The maximum absolute atomic E-state index is 10.5. The number of halogens is 1. The zero-order valence-corrected chi connectivity index (χ0v) is 6.36. The molecule has 0 saturated heterocycles. The fourth-order valence-corrected chi connectivity index (χ4v) is 0. The standard InChI is InChI=1S/C2H3BF.K/c1-2-3-4;/h2H,1H2;. The van der Waals surface area contributed by atoms with Crippen LogP contribution < -0.4 is 0 Å². The van der Waals surface area contributed by atoms with E-state index in [0.717, 1.165) is 5.98 Å². The van der Waals surface area contributed by atoms with Gasteiger partial charge in [-0.2, -0.15) is 0 Å². The van der Waals surface area contributed by atoms with Crippen molar-refractivity contribution < 1.29 is 4.32 Å². The minimum atomic E-state index is 0. The molecule has 0 N–H and O–H groups in total. The van der Waals surface area contributed by atoms with Crippen LogP contribution in [0, 0.1) is 0 Å². The van der Waals surface area contributed by atoms with Crippen LogP contribution in [-0.4, -0.2) is 58.9 Å². The first kappa shape index (κ1) is 9.62. The van der Waals surface area contributed by atoms with Gasteiger partial charge in [0.25, 0.3) is 0 Å². The van der Waals surface area contributed by atoms with E-state index < -0.39 is 0 Å². The summed E-state index contributed by atoms with van der Waals surface area (Å²) in [7, 11) is 0.389. The largest absolute Gasteiger partial charge is 0.383 e. The van der Waals surface area contributed by atoms with Crippen LogP contribution in [0.15, 0.2) is 12.6 Å². The fraction of sp³-hybridized carbons (Fsp3) is 0. The summed E-state index contributed by atoms with van der Waals surface area (Å²) < 4.78 is 10.5. The molecule has 0 spiro atoms. The second-order valence-corrected chi connectivity index (χ2v) is 0.362. The van der Waals surface area contributed by atoms with Crippen LogP contribution in [0.4, 0.5) is 4.32 Å². The van der Waals surface area contributed by atoms with E-state index in [0.29, 0.717) is 7.56 Å². The molecule has 0 fully saturated rings. The maximum atomic E-state index is 10.5. The summed E-state index contributed by atoms with van der Waals surface area (Å²) in [5.74, 6) is 1.08. The first-order valence-electron chi connectivity index (χ1n) is 0.960. The normalized spacial score (nSPS) is 4.20. The van der Waals surface area contributed by atoms with E-state index in [2.05, 4.69) is 6.58 Å². The molecule has 5 heavy (non-hydrogen) atoms. The Bertz CT molecular complexity index is 23.6. The average Bonchev–Trinajstić information content (AvgIpc) is 1.37. The zero-order valence-electron chi connectivity index (χ0n) is 3.24. The van der Waals surface area contributed by atoms with E-state index in [9.17, 15) is 4.32 Å². The summed E-state index contributed by atoms with van der Waals surface area (Å²) in [6.45, 7) is 3.05. The van der Waals surface area contributed by atoms with Crippen LogP contribution in [0.1, 0.15) is 0 Å². The van der Waals surface area contributed by atoms with Gasteiger partial charge >= 0.3 is 7.56 Å². The van der Waals surface area contributed by atoms with E-state index in [1.54, 1.807) is 0 Å². The molecule has 0 heterocycles. The molecule has 0 nitrogen and oxygen atoms in total. The molecule has 0 bridgehead atoms. The third kappa shape index (κ3) is 10.9. The Morgan fingerprint density at radius 2 is 2.00 bits per heavy atom. The summed E-state index contributed by atoms with van der Waals surface area (Å²) in [5, 5.41) is 0. The molecule has 2 radical (unpaired) electrons. The third-order valence-corrected chi connectivity index (χ3v) is 0.0891. The molecule has 0 aromatic rings. The Hall–Kier alpha value is 1.37. The van der Waals surface area contributed by atoms with Crippen LogP contribution >= 0.6 is 0 Å². The van der Waals surface area contributed by atoms with Crippen molar-refractivity contribution >= 4 is 58.9 Å². The van der Waals surface area contributed by atoms with Crippen molar-refractivity contribution in [2.24, 2.45) is 0 Å². The SMILES string of the molecule is C=C[B]F.[K]. The maximum Gasteiger partial charge on any atom is 0.383 e. The van der Waals surface area contributed by atoms with E-state index >= 15 is 0 Å². The van der Waals surface area contributed by atoms with Gasteiger partial charge in [0.15, 0.2) is 0 Å². The molecule has 0 aromatic carbocycles. The molecule has 0 saturated carbocycles. The van der Waals surface area contributed by atoms with Gasteiger partial charge in [0, 0.05) is 51.4 Å². The first-order chi connectivity index (χ1) is 1.91. The van der Waals surface area contributed by atoms with Crippen molar-refractivity contribution in [3.8, 4) is 0 Å². The predicted molar refractivity (Wildman–Crippen MR) is 22.8 cm³/mol. The van der Waals surface area contributed by atoms with Gasteiger partial charge in [-0.1, -0.05) is 5.98 Å². The molecule has 0 aliphatic rings. The minimum Gasteiger partial charge on any atom is -0.336 e. The van der Waals surface area contributed by atoms with E-state index in [4.69, 9.17) is 0 Å². The van der Waals surface area contributed by atoms with Crippen molar-refractivity contribution in [1.82, 2.24) is 0 Å². The van der Waals surface area contributed by atoms with Crippen LogP contribution in [0.25, 0.3) is 0 Å². The van der Waals surface area contributed by atoms with Crippen molar-refractivity contribution in [1.29, 1.82) is 0 Å². The van der Waals surface area contributed by atoms with Gasteiger partial charge in [-0.05, 0) is 0 Å². The molecule has 22 valence electrons. The Kier molecular flexibility index (Phi) is 17.4. The molecule has 0 rings (SSSR count). The molecule has 0 aliphatic heterocycles. The van der Waals surface area contributed by atoms with Crippen molar-refractivity contribution in [3.05, 3.63) is 12.6 Å². The zero-order chi connectivity index (χ0) is 3.41. The van der Waals surface area contributed by atoms with Crippen molar-refractivity contribution in [2.75, 3.05) is 0 Å². The predicted octanol–water partition coefficient (Wildman–Crippen LogP) is 0.338. The smallest absolute Gasteiger partial charge is 0.336 e. The summed E-state index contributed by atoms with van der Waals surface area (Å²) in [4.78, 5) is 0. The van der Waals surface area contributed by atoms with Gasteiger partial charge in [-0.15, -0.1) is 6.58 Å². The monoisotopic (exact) mass is 96.0 g/mol. The van der Waals surface area contributed by atoms with E-state index in [1.807, 2.05) is 0 Å². The molecule has 0 amide bonds. The summed E-state index contributed by atoms with van der Waals surface area (Å²) in [6, 6.07) is 0. The quantitative estimate of drug-likeness (QED) is 0.413. The first-order valence-corrected chi connectivity index (χ1v) is 0.960. The molecule has 0 unspecified atom stereocenters. The summed E-state index contributed by atoms with van der Waals surface area (Å²) in [5.41, 5.74) is 0. The van der Waals surface area contributed by atoms with Crippen molar-refractivity contribution in [2.45, 2.75) is 0 Å². The minimum absolute atomic E-state index is 0. The van der Waals surface area contributed by atoms with Crippen LogP contribution in [0.5, 0.6) is 0 Å². The summed E-state index contributed by atoms with van der Waals surface area (Å²) >= 11 is 0. The second-order valence-electron chi connectivity index (χ2n) is 0.362. The number of hydrogen-bond acceptors (Lipinski definition) is 0. The second kappa shape index (κ2) is 9.03. The van der Waals surface area contributed by atoms with Gasteiger partial charge in [0.2, 0.25) is 0 Å². The Balaban J connectivity index is 0. The molecular weight excluding hydrogens is 92.9 g/mol. The number of hydrogen-bond donors (Lipinski definition) is 0. The Labute approximate surface area is 74.5 Å². The summed E-state index contributed by atoms with van der Waals surface area (Å²) in [6.07, 6.45) is 0. The topological polar surface area (TPSA) is 0 Å². The van der Waals surface area contributed by atoms with Crippen molar-refractivity contribution in [3.63, 3.8) is 0 Å². The number of rotatable bonds is 1. The van der Waals surface area contributed by atoms with Crippen LogP contribution in [0.2, 0.25) is 0 Å². The average molecular weight is 96.0 g/mol. The van der Waals surface area contributed by atoms with Gasteiger partial charge in [-0.25, -0.2) is 0 Å². The van der Waals surface area contributed by atoms with Gasteiger partial charge in [0.05, 0.1) is 0 Å². The van der Waals surface area contributed by atoms with Gasteiger partial charge < -0.3 is 4.32 Å². The Morgan fingerprint density at radius 3 is 2.00 bits per heavy atom. The molecule has 0 aromatic heterocycles. The molecule has 0 aliphatic carbocycles. The third-order valence-electron chi connectivity index (χ3n) is 0.0891. The van der Waals surface area contributed by atoms with E-state index in [1.165, 1.54) is 0 Å². The van der Waals surface area contributed by atoms with Gasteiger partial charge in [-0.3, -0.25) is 0 Å². The van der Waals surface area contributed by atoms with Crippen LogP contribution in [0.3, 0.4) is 0 Å². The molecule has 0 atom stereocenters.